The molecule has 0 saturated carbocycles. The van der Waals surface area contributed by atoms with Crippen molar-refractivity contribution in [2.45, 2.75) is 135 Å². The van der Waals surface area contributed by atoms with Crippen molar-refractivity contribution in [3.05, 3.63) is 35.9 Å². The molecule has 0 amide bonds. The van der Waals surface area contributed by atoms with Gasteiger partial charge < -0.3 is 14.6 Å². The second-order valence-electron chi connectivity index (χ2n) is 9.43. The van der Waals surface area contributed by atoms with Crippen molar-refractivity contribution in [3.63, 3.8) is 0 Å². The topological polar surface area (TPSA) is 55.8 Å². The highest BCUT2D eigenvalue weighted by atomic mass is 16.6. The number of carboxylic acid groups (broad SMARTS) is 1. The molecule has 0 aliphatic carbocycles. The van der Waals surface area contributed by atoms with Crippen molar-refractivity contribution in [3.8, 4) is 0 Å². The molecule has 1 aromatic carbocycles. The second-order valence-corrected chi connectivity index (χ2v) is 9.43. The lowest BCUT2D eigenvalue weighted by Crippen LogP contribution is -2.36. The molecule has 4 heteroatoms. The number of carbonyl (C=O) groups is 1. The highest BCUT2D eigenvalue weighted by Gasteiger charge is 2.26. The van der Waals surface area contributed by atoms with E-state index in [0.29, 0.717) is 6.61 Å². The predicted molar refractivity (Wildman–Crippen MR) is 138 cm³/mol. The van der Waals surface area contributed by atoms with Crippen molar-refractivity contribution >= 4 is 5.97 Å². The monoisotopic (exact) mass is 462 g/mol. The fourth-order valence-electron chi connectivity index (χ4n) is 4.17. The molecule has 33 heavy (non-hydrogen) atoms. The zero-order valence-electron chi connectivity index (χ0n) is 21.4. The van der Waals surface area contributed by atoms with Gasteiger partial charge in [0.05, 0.1) is 12.7 Å². The second kappa shape index (κ2) is 21.2. The maximum atomic E-state index is 11.5. The highest BCUT2D eigenvalue weighted by Crippen LogP contribution is 2.14. The van der Waals surface area contributed by atoms with Gasteiger partial charge in [0.15, 0.2) is 6.10 Å². The van der Waals surface area contributed by atoms with Gasteiger partial charge in [-0.1, -0.05) is 134 Å². The van der Waals surface area contributed by atoms with E-state index in [1.807, 2.05) is 30.3 Å². The fraction of sp³-hybridized carbons (Fsp3) is 0.759. The molecule has 0 radical (unpaired) electrons. The maximum Gasteiger partial charge on any atom is 0.335 e. The Morgan fingerprint density at radius 2 is 1.18 bits per heavy atom. The summed E-state index contributed by atoms with van der Waals surface area (Å²) in [5.74, 6) is -0.967. The number of hydrogen-bond acceptors (Lipinski definition) is 3. The summed E-state index contributed by atoms with van der Waals surface area (Å²) in [5.41, 5.74) is 0.966. The van der Waals surface area contributed by atoms with Crippen LogP contribution in [0.2, 0.25) is 0 Å². The van der Waals surface area contributed by atoms with E-state index in [-0.39, 0.29) is 6.61 Å². The molecule has 0 saturated heterocycles. The average Bonchev–Trinajstić information content (AvgIpc) is 2.81. The van der Waals surface area contributed by atoms with Crippen molar-refractivity contribution in [1.29, 1.82) is 0 Å². The van der Waals surface area contributed by atoms with E-state index in [1.165, 1.54) is 89.9 Å². The summed E-state index contributed by atoms with van der Waals surface area (Å²) in [6, 6.07) is 9.64. The lowest BCUT2D eigenvalue weighted by atomic mass is 10.0. The number of ether oxygens (including phenoxy) is 2. The first-order valence-corrected chi connectivity index (χ1v) is 13.6. The molecule has 4 nitrogen and oxygen atoms in total. The van der Waals surface area contributed by atoms with Gasteiger partial charge in [0.25, 0.3) is 0 Å². The molecule has 1 rings (SSSR count). The molecule has 1 aromatic rings. The third-order valence-electron chi connectivity index (χ3n) is 6.32. The van der Waals surface area contributed by atoms with Crippen LogP contribution in [0.25, 0.3) is 0 Å². The third-order valence-corrected chi connectivity index (χ3v) is 6.32. The van der Waals surface area contributed by atoms with E-state index in [9.17, 15) is 9.90 Å². The SMILES string of the molecule is CCCCCCCCCCCCCCCCCCOC(C)C(OCc1ccccc1)C(=O)O. The molecule has 0 aliphatic rings. The minimum atomic E-state index is -0.967. The summed E-state index contributed by atoms with van der Waals surface area (Å²) >= 11 is 0. The van der Waals surface area contributed by atoms with Crippen molar-refractivity contribution in [2.75, 3.05) is 6.61 Å². The minimum Gasteiger partial charge on any atom is -0.479 e. The van der Waals surface area contributed by atoms with Crippen LogP contribution in [-0.4, -0.2) is 29.9 Å². The Kier molecular flexibility index (Phi) is 19.0. The van der Waals surface area contributed by atoms with E-state index < -0.39 is 18.2 Å². The third kappa shape index (κ3) is 16.8. The normalized spacial score (nSPS) is 13.2. The van der Waals surface area contributed by atoms with Crippen LogP contribution in [0.1, 0.15) is 122 Å². The van der Waals surface area contributed by atoms with Crippen LogP contribution < -0.4 is 0 Å². The maximum absolute atomic E-state index is 11.5. The Hall–Kier alpha value is -1.39. The van der Waals surface area contributed by atoms with Crippen molar-refractivity contribution < 1.29 is 19.4 Å². The van der Waals surface area contributed by atoms with E-state index in [4.69, 9.17) is 9.47 Å². The summed E-state index contributed by atoms with van der Waals surface area (Å²) < 4.78 is 11.4. The van der Waals surface area contributed by atoms with Crippen molar-refractivity contribution in [1.82, 2.24) is 0 Å². The molecule has 0 fully saturated rings. The van der Waals surface area contributed by atoms with Crippen LogP contribution in [0.3, 0.4) is 0 Å². The van der Waals surface area contributed by atoms with Crippen LogP contribution in [0.5, 0.6) is 0 Å². The van der Waals surface area contributed by atoms with Crippen LogP contribution in [0, 0.1) is 0 Å². The number of unbranched alkanes of at least 4 members (excludes halogenated alkanes) is 15. The van der Waals surface area contributed by atoms with Gasteiger partial charge in [-0.15, -0.1) is 0 Å². The Morgan fingerprint density at radius 1 is 0.727 bits per heavy atom. The lowest BCUT2D eigenvalue weighted by molar-refractivity contribution is -0.162. The van der Waals surface area contributed by atoms with Gasteiger partial charge in [-0.25, -0.2) is 4.79 Å². The predicted octanol–water partition coefficient (Wildman–Crippen LogP) is 8.32. The van der Waals surface area contributed by atoms with E-state index >= 15 is 0 Å². The summed E-state index contributed by atoms with van der Waals surface area (Å²) in [5, 5.41) is 9.46. The molecule has 0 heterocycles. The first kappa shape index (κ1) is 29.6. The van der Waals surface area contributed by atoms with Gasteiger partial charge in [0.2, 0.25) is 0 Å². The molecule has 0 bridgehead atoms. The summed E-state index contributed by atoms with van der Waals surface area (Å²) in [7, 11) is 0. The Morgan fingerprint density at radius 3 is 1.64 bits per heavy atom. The van der Waals surface area contributed by atoms with Crippen molar-refractivity contribution in [2.24, 2.45) is 0 Å². The van der Waals surface area contributed by atoms with Gasteiger partial charge >= 0.3 is 5.97 Å². The van der Waals surface area contributed by atoms with E-state index in [1.54, 1.807) is 6.92 Å². The molecule has 0 spiro atoms. The largest absolute Gasteiger partial charge is 0.479 e. The molecular formula is C29H50O4. The summed E-state index contributed by atoms with van der Waals surface area (Å²) in [6.07, 6.45) is 20.0. The minimum absolute atomic E-state index is 0.282. The van der Waals surface area contributed by atoms with Crippen LogP contribution in [0.15, 0.2) is 30.3 Å². The van der Waals surface area contributed by atoms with Gasteiger partial charge in [0, 0.05) is 6.61 Å². The Bertz CT molecular complexity index is 560. The first-order valence-electron chi connectivity index (χ1n) is 13.6. The first-order chi connectivity index (χ1) is 16.1. The summed E-state index contributed by atoms with van der Waals surface area (Å²) in [6.45, 7) is 4.94. The molecule has 2 atom stereocenters. The van der Waals surface area contributed by atoms with Gasteiger partial charge in [-0.3, -0.25) is 0 Å². The fourth-order valence-corrected chi connectivity index (χ4v) is 4.17. The van der Waals surface area contributed by atoms with E-state index in [0.717, 1.165) is 18.4 Å². The van der Waals surface area contributed by atoms with Gasteiger partial charge in [0.1, 0.15) is 0 Å². The lowest BCUT2D eigenvalue weighted by Gasteiger charge is -2.21. The smallest absolute Gasteiger partial charge is 0.335 e. The quantitative estimate of drug-likeness (QED) is 0.166. The zero-order chi connectivity index (χ0) is 24.0. The Labute approximate surface area is 203 Å². The number of rotatable bonds is 23. The van der Waals surface area contributed by atoms with Gasteiger partial charge in [-0.2, -0.15) is 0 Å². The molecule has 190 valence electrons. The molecule has 1 N–H and O–H groups in total. The number of hydrogen-bond donors (Lipinski definition) is 1. The zero-order valence-corrected chi connectivity index (χ0v) is 21.4. The average molecular weight is 463 g/mol. The van der Waals surface area contributed by atoms with Gasteiger partial charge in [-0.05, 0) is 18.9 Å². The molecule has 2 unspecified atom stereocenters. The van der Waals surface area contributed by atoms with Crippen LogP contribution >= 0.6 is 0 Å². The number of carboxylic acids is 1. The number of benzene rings is 1. The van der Waals surface area contributed by atoms with Crippen LogP contribution in [0.4, 0.5) is 0 Å². The summed E-state index contributed by atoms with van der Waals surface area (Å²) in [4.78, 5) is 11.5. The Balaban J connectivity index is 1.92. The molecule has 0 aliphatic heterocycles. The highest BCUT2D eigenvalue weighted by molar-refractivity contribution is 5.73. The standard InChI is InChI=1S/C29H50O4/c1-3-4-5-6-7-8-9-10-11-12-13-14-15-16-17-21-24-32-26(2)28(29(30)31)33-25-27-22-19-18-20-23-27/h18-20,22-23,26,28H,3-17,21,24-25H2,1-2H3,(H,30,31). The molecular weight excluding hydrogens is 412 g/mol. The number of aliphatic carboxylic acids is 1. The molecule has 0 aromatic heterocycles. The van der Waals surface area contributed by atoms with E-state index in [2.05, 4.69) is 6.92 Å². The van der Waals surface area contributed by atoms with Crippen LogP contribution in [-0.2, 0) is 20.9 Å².